The lowest BCUT2D eigenvalue weighted by atomic mass is 10.0. The molecule has 5 nitrogen and oxygen atoms in total. The van der Waals surface area contributed by atoms with Crippen LogP contribution in [0.25, 0.3) is 0 Å². The van der Waals surface area contributed by atoms with Crippen molar-refractivity contribution in [2.24, 2.45) is 5.92 Å². The molecule has 1 aromatic heterocycles. The molecular formula is C26H34N2O3S. The number of aliphatic hydroxyl groups excluding tert-OH is 1. The van der Waals surface area contributed by atoms with Gasteiger partial charge in [0, 0.05) is 24.5 Å². The highest BCUT2D eigenvalue weighted by molar-refractivity contribution is 7.10. The summed E-state index contributed by atoms with van der Waals surface area (Å²) in [5.74, 6) is 1.61. The Kier molecular flexibility index (Phi) is 8.00. The molecule has 1 amide bonds. The molecule has 2 aromatic rings. The first-order chi connectivity index (χ1) is 15.6. The molecule has 2 atom stereocenters. The van der Waals surface area contributed by atoms with Crippen molar-refractivity contribution in [1.82, 2.24) is 9.80 Å². The Morgan fingerprint density at radius 3 is 2.88 bits per heavy atom. The van der Waals surface area contributed by atoms with Gasteiger partial charge >= 0.3 is 0 Å². The maximum Gasteiger partial charge on any atom is 0.237 e. The Bertz CT molecular complexity index is 880. The SMILES string of the molecule is C=CCC[C@H](O)CN(CC(=O)N1CCc2sccc2[C@@H]1COc1ccccc1)CC1CC1. The maximum absolute atomic E-state index is 13.5. The van der Waals surface area contributed by atoms with Gasteiger partial charge in [0.15, 0.2) is 0 Å². The zero-order valence-electron chi connectivity index (χ0n) is 18.7. The van der Waals surface area contributed by atoms with Gasteiger partial charge in [-0.3, -0.25) is 9.69 Å². The van der Waals surface area contributed by atoms with Crippen LogP contribution in [0.4, 0.5) is 0 Å². The molecule has 0 unspecified atom stereocenters. The van der Waals surface area contributed by atoms with E-state index < -0.39 is 6.10 Å². The van der Waals surface area contributed by atoms with Crippen molar-refractivity contribution in [3.05, 3.63) is 64.9 Å². The molecule has 0 spiro atoms. The Morgan fingerprint density at radius 1 is 1.31 bits per heavy atom. The van der Waals surface area contributed by atoms with E-state index in [0.717, 1.165) is 25.1 Å². The molecule has 1 fully saturated rings. The number of amides is 1. The van der Waals surface area contributed by atoms with Crippen LogP contribution in [-0.4, -0.2) is 59.7 Å². The molecule has 0 radical (unpaired) electrons. The van der Waals surface area contributed by atoms with Crippen molar-refractivity contribution >= 4 is 17.2 Å². The molecule has 0 bridgehead atoms. The average molecular weight is 455 g/mol. The first kappa shape index (κ1) is 23.0. The van der Waals surface area contributed by atoms with Gasteiger partial charge in [0.05, 0.1) is 18.7 Å². The van der Waals surface area contributed by atoms with Gasteiger partial charge in [-0.2, -0.15) is 0 Å². The standard InChI is InChI=1S/C26H34N2O3S/c1-2-3-7-21(29)17-27(16-20-10-11-20)18-26(30)28-14-12-25-23(13-15-32-25)24(28)19-31-22-8-5-4-6-9-22/h2,4-6,8-9,13,15,20-21,24,29H,1,3,7,10-12,14,16-19H2/t21-,24-/m0/s1. The third-order valence-corrected chi connectivity index (χ3v) is 7.31. The van der Waals surface area contributed by atoms with Crippen LogP contribution in [0, 0.1) is 5.92 Å². The number of nitrogens with zero attached hydrogens (tertiary/aromatic N) is 2. The molecule has 4 rings (SSSR count). The molecule has 1 aliphatic carbocycles. The van der Waals surface area contributed by atoms with E-state index in [0.29, 0.717) is 38.6 Å². The normalized spacial score (nSPS) is 18.9. The van der Waals surface area contributed by atoms with E-state index in [2.05, 4.69) is 22.9 Å². The third kappa shape index (κ3) is 6.21. The minimum Gasteiger partial charge on any atom is -0.491 e. The molecule has 1 aliphatic heterocycles. The molecule has 0 saturated heterocycles. The summed E-state index contributed by atoms with van der Waals surface area (Å²) in [6, 6.07) is 11.9. The van der Waals surface area contributed by atoms with Crippen LogP contribution in [0.15, 0.2) is 54.4 Å². The smallest absolute Gasteiger partial charge is 0.237 e. The van der Waals surface area contributed by atoms with Gasteiger partial charge in [-0.15, -0.1) is 17.9 Å². The van der Waals surface area contributed by atoms with Crippen LogP contribution in [0.1, 0.15) is 42.2 Å². The highest BCUT2D eigenvalue weighted by atomic mass is 32.1. The van der Waals surface area contributed by atoms with E-state index in [-0.39, 0.29) is 11.9 Å². The zero-order valence-corrected chi connectivity index (χ0v) is 19.5. The van der Waals surface area contributed by atoms with E-state index >= 15 is 0 Å². The van der Waals surface area contributed by atoms with Crippen LogP contribution in [0.5, 0.6) is 5.75 Å². The maximum atomic E-state index is 13.5. The fourth-order valence-corrected chi connectivity index (χ4v) is 5.35. The van der Waals surface area contributed by atoms with Crippen LogP contribution in [0.2, 0.25) is 0 Å². The zero-order chi connectivity index (χ0) is 22.3. The second kappa shape index (κ2) is 11.1. The first-order valence-corrected chi connectivity index (χ1v) is 12.6. The predicted molar refractivity (Wildman–Crippen MR) is 129 cm³/mol. The highest BCUT2D eigenvalue weighted by Crippen LogP contribution is 2.34. The van der Waals surface area contributed by atoms with E-state index in [9.17, 15) is 9.90 Å². The fraction of sp³-hybridized carbons (Fsp3) is 0.500. The number of carbonyl (C=O) groups excluding carboxylic acids is 1. The predicted octanol–water partition coefficient (Wildman–Crippen LogP) is 4.29. The van der Waals surface area contributed by atoms with Crippen molar-refractivity contribution in [2.75, 3.05) is 32.8 Å². The van der Waals surface area contributed by atoms with Crippen LogP contribution < -0.4 is 4.74 Å². The number of thiophene rings is 1. The van der Waals surface area contributed by atoms with Gasteiger partial charge in [0.2, 0.25) is 5.91 Å². The number of allylic oxidation sites excluding steroid dienone is 1. The number of para-hydroxylation sites is 1. The highest BCUT2D eigenvalue weighted by Gasteiger charge is 2.34. The summed E-state index contributed by atoms with van der Waals surface area (Å²) in [5.41, 5.74) is 1.21. The molecule has 1 N–H and O–H groups in total. The van der Waals surface area contributed by atoms with Gasteiger partial charge in [-0.25, -0.2) is 0 Å². The third-order valence-electron chi connectivity index (χ3n) is 6.31. The van der Waals surface area contributed by atoms with Crippen molar-refractivity contribution in [3.8, 4) is 5.75 Å². The van der Waals surface area contributed by atoms with Crippen LogP contribution >= 0.6 is 11.3 Å². The summed E-state index contributed by atoms with van der Waals surface area (Å²) in [4.78, 5) is 19.0. The topological polar surface area (TPSA) is 53.0 Å². The van der Waals surface area contributed by atoms with Gasteiger partial charge in [-0.1, -0.05) is 24.3 Å². The Labute approximate surface area is 195 Å². The molecule has 6 heteroatoms. The number of rotatable bonds is 12. The lowest BCUT2D eigenvalue weighted by molar-refractivity contribution is -0.136. The van der Waals surface area contributed by atoms with Crippen molar-refractivity contribution < 1.29 is 14.6 Å². The van der Waals surface area contributed by atoms with Crippen LogP contribution in [0.3, 0.4) is 0 Å². The van der Waals surface area contributed by atoms with Crippen LogP contribution in [-0.2, 0) is 11.2 Å². The number of fused-ring (bicyclic) bond motifs is 1. The molecule has 1 saturated carbocycles. The lowest BCUT2D eigenvalue weighted by Gasteiger charge is -2.37. The summed E-state index contributed by atoms with van der Waals surface area (Å²) in [6.07, 6.45) is 6.23. The summed E-state index contributed by atoms with van der Waals surface area (Å²) in [7, 11) is 0. The fourth-order valence-electron chi connectivity index (χ4n) is 4.42. The number of aliphatic hydroxyl groups is 1. The average Bonchev–Trinajstić information content (AvgIpc) is 3.48. The van der Waals surface area contributed by atoms with E-state index in [1.54, 1.807) is 11.3 Å². The quantitative estimate of drug-likeness (QED) is 0.486. The summed E-state index contributed by atoms with van der Waals surface area (Å²) >= 11 is 1.77. The van der Waals surface area contributed by atoms with Crippen molar-refractivity contribution in [3.63, 3.8) is 0 Å². The molecule has 1 aromatic carbocycles. The molecule has 32 heavy (non-hydrogen) atoms. The number of benzene rings is 1. The first-order valence-electron chi connectivity index (χ1n) is 11.7. The number of hydrogen-bond donors (Lipinski definition) is 1. The Morgan fingerprint density at radius 2 is 2.12 bits per heavy atom. The second-order valence-electron chi connectivity index (χ2n) is 8.93. The second-order valence-corrected chi connectivity index (χ2v) is 9.93. The van der Waals surface area contributed by atoms with Crippen molar-refractivity contribution in [1.29, 1.82) is 0 Å². The Balaban J connectivity index is 1.43. The van der Waals surface area contributed by atoms with Gasteiger partial charge in [-0.05, 0) is 67.2 Å². The largest absolute Gasteiger partial charge is 0.491 e. The molecule has 2 aliphatic rings. The van der Waals surface area contributed by atoms with Gasteiger partial charge in [0.25, 0.3) is 0 Å². The monoisotopic (exact) mass is 454 g/mol. The Hall–Kier alpha value is -2.15. The van der Waals surface area contributed by atoms with Gasteiger partial charge < -0.3 is 14.7 Å². The van der Waals surface area contributed by atoms with Crippen molar-refractivity contribution in [2.45, 2.75) is 44.2 Å². The summed E-state index contributed by atoms with van der Waals surface area (Å²) < 4.78 is 6.09. The summed E-state index contributed by atoms with van der Waals surface area (Å²) in [6.45, 7) is 6.69. The molecule has 2 heterocycles. The molecule has 172 valence electrons. The molecular weight excluding hydrogens is 420 g/mol. The van der Waals surface area contributed by atoms with E-state index in [1.807, 2.05) is 41.3 Å². The van der Waals surface area contributed by atoms with Gasteiger partial charge in [0.1, 0.15) is 12.4 Å². The number of ether oxygens (including phenoxy) is 1. The van der Waals surface area contributed by atoms with E-state index in [1.165, 1.54) is 23.3 Å². The minimum absolute atomic E-state index is 0.0776. The summed E-state index contributed by atoms with van der Waals surface area (Å²) in [5, 5.41) is 12.6. The van der Waals surface area contributed by atoms with E-state index in [4.69, 9.17) is 4.74 Å². The number of hydrogen-bond acceptors (Lipinski definition) is 5. The minimum atomic E-state index is -0.429. The lowest BCUT2D eigenvalue weighted by Crippen LogP contribution is -2.48. The number of carbonyl (C=O) groups is 1.